The summed E-state index contributed by atoms with van der Waals surface area (Å²) in [5.41, 5.74) is 3.22. The number of aromatic amines is 1. The van der Waals surface area contributed by atoms with Gasteiger partial charge in [-0.1, -0.05) is 42.5 Å². The van der Waals surface area contributed by atoms with E-state index in [4.69, 9.17) is 0 Å². The van der Waals surface area contributed by atoms with E-state index < -0.39 is 0 Å². The van der Waals surface area contributed by atoms with Crippen LogP contribution in [-0.4, -0.2) is 16.1 Å². The predicted molar refractivity (Wildman–Crippen MR) is 101 cm³/mol. The van der Waals surface area contributed by atoms with E-state index in [-0.39, 0.29) is 11.7 Å². The fourth-order valence-electron chi connectivity index (χ4n) is 2.98. The van der Waals surface area contributed by atoms with Crippen LogP contribution in [0.2, 0.25) is 0 Å². The van der Waals surface area contributed by atoms with Gasteiger partial charge in [0.15, 0.2) is 0 Å². The lowest BCUT2D eigenvalue weighted by Crippen LogP contribution is -2.13. The summed E-state index contributed by atoms with van der Waals surface area (Å²) >= 11 is 0. The summed E-state index contributed by atoms with van der Waals surface area (Å²) in [7, 11) is 0. The molecular weight excluding hydrogens is 329 g/mol. The van der Waals surface area contributed by atoms with Crippen molar-refractivity contribution in [1.29, 1.82) is 0 Å². The zero-order valence-electron chi connectivity index (χ0n) is 14.1. The Kier molecular flexibility index (Phi) is 3.97. The van der Waals surface area contributed by atoms with Crippen molar-refractivity contribution in [2.75, 3.05) is 5.32 Å². The minimum absolute atomic E-state index is 0.321. The van der Waals surface area contributed by atoms with Crippen molar-refractivity contribution in [2.24, 2.45) is 0 Å². The maximum absolute atomic E-state index is 13.2. The summed E-state index contributed by atoms with van der Waals surface area (Å²) in [6, 6.07) is 20.0. The molecular formula is C21H16FN3O. The molecule has 5 heteroatoms. The minimum atomic E-state index is -0.333. The number of hydrogen-bond acceptors (Lipinski definition) is 2. The molecule has 0 aliphatic rings. The van der Waals surface area contributed by atoms with Crippen LogP contribution in [-0.2, 0) is 0 Å². The van der Waals surface area contributed by atoms with Gasteiger partial charge in [0.05, 0.1) is 5.69 Å². The van der Waals surface area contributed by atoms with E-state index in [1.165, 1.54) is 12.1 Å². The number of fused-ring (bicyclic) bond motifs is 1. The van der Waals surface area contributed by atoms with Crippen molar-refractivity contribution in [2.45, 2.75) is 6.92 Å². The van der Waals surface area contributed by atoms with Gasteiger partial charge in [-0.3, -0.25) is 9.89 Å². The molecule has 0 saturated carbocycles. The Morgan fingerprint density at radius 3 is 2.69 bits per heavy atom. The molecule has 0 unspecified atom stereocenters. The van der Waals surface area contributed by atoms with E-state index >= 15 is 0 Å². The molecule has 4 aromatic rings. The topological polar surface area (TPSA) is 57.8 Å². The van der Waals surface area contributed by atoms with E-state index in [1.807, 2.05) is 42.5 Å². The number of carbonyl (C=O) groups excluding carboxylic acids is 1. The van der Waals surface area contributed by atoms with Gasteiger partial charge in [0.25, 0.3) is 5.91 Å². The van der Waals surface area contributed by atoms with Gasteiger partial charge in [-0.25, -0.2) is 4.39 Å². The minimum Gasteiger partial charge on any atom is -0.320 e. The molecule has 4 nitrogen and oxygen atoms in total. The zero-order valence-corrected chi connectivity index (χ0v) is 14.1. The van der Waals surface area contributed by atoms with E-state index in [0.717, 1.165) is 16.3 Å². The summed E-state index contributed by atoms with van der Waals surface area (Å²) in [4.78, 5) is 12.5. The molecule has 1 aromatic heterocycles. The number of nitrogens with zero attached hydrogens (tertiary/aromatic N) is 1. The Morgan fingerprint density at radius 2 is 1.85 bits per heavy atom. The molecule has 0 aliphatic heterocycles. The van der Waals surface area contributed by atoms with Crippen molar-refractivity contribution in [3.05, 3.63) is 83.8 Å². The number of carbonyl (C=O) groups is 1. The molecule has 3 aromatic carbocycles. The van der Waals surface area contributed by atoms with Gasteiger partial charge in [0.2, 0.25) is 0 Å². The highest BCUT2D eigenvalue weighted by molar-refractivity contribution is 6.04. The van der Waals surface area contributed by atoms with E-state index in [0.29, 0.717) is 22.6 Å². The van der Waals surface area contributed by atoms with Crippen LogP contribution in [0.25, 0.3) is 22.0 Å². The summed E-state index contributed by atoms with van der Waals surface area (Å²) in [6.45, 7) is 1.74. The molecule has 26 heavy (non-hydrogen) atoms. The number of hydrogen-bond donors (Lipinski definition) is 2. The van der Waals surface area contributed by atoms with E-state index in [1.54, 1.807) is 19.1 Å². The van der Waals surface area contributed by atoms with Crippen molar-refractivity contribution < 1.29 is 9.18 Å². The van der Waals surface area contributed by atoms with Crippen LogP contribution in [0.4, 0.5) is 10.1 Å². The number of anilines is 1. The van der Waals surface area contributed by atoms with Gasteiger partial charge in [0.1, 0.15) is 11.5 Å². The molecule has 0 fully saturated rings. The first-order chi connectivity index (χ1) is 12.6. The van der Waals surface area contributed by atoms with E-state index in [9.17, 15) is 9.18 Å². The van der Waals surface area contributed by atoms with Crippen LogP contribution in [0.3, 0.4) is 0 Å². The first kappa shape index (κ1) is 16.0. The summed E-state index contributed by atoms with van der Waals surface area (Å²) in [6.07, 6.45) is 0. The number of benzene rings is 3. The average Bonchev–Trinajstić information content (AvgIpc) is 3.13. The molecule has 0 atom stereocenters. The molecule has 1 heterocycles. The Labute approximate surface area is 149 Å². The number of rotatable bonds is 3. The Hall–Kier alpha value is -3.47. The summed E-state index contributed by atoms with van der Waals surface area (Å²) in [5.74, 6) is -0.654. The Bertz CT molecular complexity index is 1110. The predicted octanol–water partition coefficient (Wildman–Crippen LogP) is 4.93. The van der Waals surface area contributed by atoms with Gasteiger partial charge in [0, 0.05) is 11.3 Å². The lowest BCUT2D eigenvalue weighted by atomic mass is 10.0. The van der Waals surface area contributed by atoms with Gasteiger partial charge in [-0.05, 0) is 47.5 Å². The van der Waals surface area contributed by atoms with Crippen LogP contribution in [0.15, 0.2) is 66.7 Å². The lowest BCUT2D eigenvalue weighted by molar-refractivity contribution is 0.102. The SMILES string of the molecule is Cc1cc(F)ccc1NC(=O)c1cc(-c2cccc3ccccc23)n[nH]1. The van der Waals surface area contributed by atoms with Crippen molar-refractivity contribution in [3.8, 4) is 11.3 Å². The maximum Gasteiger partial charge on any atom is 0.273 e. The highest BCUT2D eigenvalue weighted by Gasteiger charge is 2.14. The molecule has 0 saturated heterocycles. The Morgan fingerprint density at radius 1 is 1.04 bits per heavy atom. The number of H-pyrrole nitrogens is 1. The van der Waals surface area contributed by atoms with Crippen LogP contribution in [0, 0.1) is 12.7 Å². The third-order valence-corrected chi connectivity index (χ3v) is 4.32. The average molecular weight is 345 g/mol. The fraction of sp³-hybridized carbons (Fsp3) is 0.0476. The first-order valence-electron chi connectivity index (χ1n) is 8.23. The Balaban J connectivity index is 1.64. The highest BCUT2D eigenvalue weighted by Crippen LogP contribution is 2.27. The number of aryl methyl sites for hydroxylation is 1. The molecule has 0 bridgehead atoms. The second-order valence-electron chi connectivity index (χ2n) is 6.11. The van der Waals surface area contributed by atoms with Gasteiger partial charge in [-0.2, -0.15) is 5.10 Å². The fourth-order valence-corrected chi connectivity index (χ4v) is 2.98. The zero-order chi connectivity index (χ0) is 18.1. The quantitative estimate of drug-likeness (QED) is 0.553. The number of nitrogens with one attached hydrogen (secondary N) is 2. The summed E-state index contributed by atoms with van der Waals surface area (Å²) in [5, 5.41) is 12.0. The third-order valence-electron chi connectivity index (χ3n) is 4.32. The monoisotopic (exact) mass is 345 g/mol. The summed E-state index contributed by atoms with van der Waals surface area (Å²) < 4.78 is 13.2. The van der Waals surface area contributed by atoms with Crippen LogP contribution < -0.4 is 5.32 Å². The number of aromatic nitrogens is 2. The van der Waals surface area contributed by atoms with Crippen molar-refractivity contribution in [1.82, 2.24) is 10.2 Å². The molecule has 1 amide bonds. The second kappa shape index (κ2) is 6.44. The van der Waals surface area contributed by atoms with Gasteiger partial charge in [-0.15, -0.1) is 0 Å². The van der Waals surface area contributed by atoms with Gasteiger partial charge < -0.3 is 5.32 Å². The second-order valence-corrected chi connectivity index (χ2v) is 6.11. The first-order valence-corrected chi connectivity index (χ1v) is 8.23. The number of halogens is 1. The van der Waals surface area contributed by atoms with Crippen LogP contribution >= 0.6 is 0 Å². The van der Waals surface area contributed by atoms with E-state index in [2.05, 4.69) is 15.5 Å². The largest absolute Gasteiger partial charge is 0.320 e. The molecule has 128 valence electrons. The molecule has 0 spiro atoms. The molecule has 0 radical (unpaired) electrons. The highest BCUT2D eigenvalue weighted by atomic mass is 19.1. The molecule has 2 N–H and O–H groups in total. The standard InChI is InChI=1S/C21H16FN3O/c1-13-11-15(22)9-10-18(13)23-21(26)20-12-19(24-25-20)17-8-4-6-14-5-2-3-7-16(14)17/h2-12H,1H3,(H,23,26)(H,24,25). The lowest BCUT2D eigenvalue weighted by Gasteiger charge is -2.07. The molecule has 4 rings (SSSR count). The third kappa shape index (κ3) is 2.95. The van der Waals surface area contributed by atoms with Gasteiger partial charge >= 0.3 is 0 Å². The smallest absolute Gasteiger partial charge is 0.273 e. The number of amides is 1. The van der Waals surface area contributed by atoms with Crippen LogP contribution in [0.1, 0.15) is 16.1 Å². The molecule has 0 aliphatic carbocycles. The maximum atomic E-state index is 13.2. The van der Waals surface area contributed by atoms with Crippen molar-refractivity contribution in [3.63, 3.8) is 0 Å². The van der Waals surface area contributed by atoms with Crippen molar-refractivity contribution >= 4 is 22.4 Å². The normalized spacial score (nSPS) is 10.8. The van der Waals surface area contributed by atoms with Crippen LogP contribution in [0.5, 0.6) is 0 Å².